The lowest BCUT2D eigenvalue weighted by atomic mass is 10.1. The highest BCUT2D eigenvalue weighted by Crippen LogP contribution is 2.20. The summed E-state index contributed by atoms with van der Waals surface area (Å²) in [7, 11) is 0. The molecule has 0 aliphatic heterocycles. The molecule has 19 heavy (non-hydrogen) atoms. The Labute approximate surface area is 123 Å². The van der Waals surface area contributed by atoms with E-state index in [1.807, 2.05) is 12.1 Å². The first-order valence-corrected chi connectivity index (χ1v) is 7.80. The van der Waals surface area contributed by atoms with Crippen LogP contribution in [-0.4, -0.2) is 5.33 Å². The van der Waals surface area contributed by atoms with E-state index in [1.165, 1.54) is 16.7 Å². The number of ether oxygens (including phenoxy) is 1. The van der Waals surface area contributed by atoms with E-state index in [0.29, 0.717) is 6.61 Å². The number of hydrogen-bond donors (Lipinski definition) is 0. The molecule has 0 saturated heterocycles. The number of rotatable bonds is 6. The van der Waals surface area contributed by atoms with E-state index in [2.05, 4.69) is 59.3 Å². The molecule has 0 atom stereocenters. The van der Waals surface area contributed by atoms with Crippen LogP contribution in [0.25, 0.3) is 0 Å². The summed E-state index contributed by atoms with van der Waals surface area (Å²) in [5, 5.41) is 0.996. The Balaban J connectivity index is 2.03. The molecule has 0 bridgehead atoms. The molecule has 0 aromatic heterocycles. The molecule has 0 aliphatic carbocycles. The SMILES string of the molecule is CCc1ccccc1OCc1cccc(CCBr)c1. The molecule has 2 heteroatoms. The topological polar surface area (TPSA) is 9.23 Å². The Kier molecular flexibility index (Phi) is 5.46. The van der Waals surface area contributed by atoms with Crippen LogP contribution in [0.15, 0.2) is 48.5 Å². The van der Waals surface area contributed by atoms with Crippen molar-refractivity contribution in [2.45, 2.75) is 26.4 Å². The van der Waals surface area contributed by atoms with Crippen molar-refractivity contribution < 1.29 is 4.74 Å². The molecule has 0 amide bonds. The summed E-state index contributed by atoms with van der Waals surface area (Å²) in [6.07, 6.45) is 2.05. The fourth-order valence-corrected chi connectivity index (χ4v) is 2.54. The van der Waals surface area contributed by atoms with Crippen molar-refractivity contribution in [1.82, 2.24) is 0 Å². The predicted octanol–water partition coefficient (Wildman–Crippen LogP) is 4.77. The monoisotopic (exact) mass is 318 g/mol. The van der Waals surface area contributed by atoms with E-state index in [9.17, 15) is 0 Å². The zero-order chi connectivity index (χ0) is 13.5. The second kappa shape index (κ2) is 7.34. The van der Waals surface area contributed by atoms with Gasteiger partial charge in [-0.15, -0.1) is 0 Å². The predicted molar refractivity (Wildman–Crippen MR) is 84.1 cm³/mol. The lowest BCUT2D eigenvalue weighted by Gasteiger charge is -2.11. The van der Waals surface area contributed by atoms with Gasteiger partial charge in [-0.3, -0.25) is 0 Å². The summed E-state index contributed by atoms with van der Waals surface area (Å²) in [4.78, 5) is 0. The fraction of sp³-hybridized carbons (Fsp3) is 0.294. The number of hydrogen-bond acceptors (Lipinski definition) is 1. The maximum absolute atomic E-state index is 5.94. The first-order chi connectivity index (χ1) is 9.33. The molecule has 0 spiro atoms. The van der Waals surface area contributed by atoms with Crippen LogP contribution in [0.1, 0.15) is 23.6 Å². The Bertz CT molecular complexity index is 522. The molecule has 2 rings (SSSR count). The third-order valence-electron chi connectivity index (χ3n) is 3.12. The van der Waals surface area contributed by atoms with Gasteiger partial charge in [0.2, 0.25) is 0 Å². The standard InChI is InChI=1S/C17H19BrO/c1-2-16-8-3-4-9-17(16)19-13-15-7-5-6-14(12-15)10-11-18/h3-9,12H,2,10-11,13H2,1H3. The average Bonchev–Trinajstić information content (AvgIpc) is 2.46. The molecule has 2 aromatic carbocycles. The second-order valence-electron chi connectivity index (χ2n) is 4.51. The van der Waals surface area contributed by atoms with Crippen molar-refractivity contribution >= 4 is 15.9 Å². The number of para-hydroxylation sites is 1. The van der Waals surface area contributed by atoms with E-state index < -0.39 is 0 Å². The summed E-state index contributed by atoms with van der Waals surface area (Å²) in [6, 6.07) is 16.8. The third kappa shape index (κ3) is 4.10. The summed E-state index contributed by atoms with van der Waals surface area (Å²) < 4.78 is 5.94. The highest BCUT2D eigenvalue weighted by atomic mass is 79.9. The van der Waals surface area contributed by atoms with Crippen LogP contribution < -0.4 is 4.74 Å². The molecule has 0 N–H and O–H groups in total. The molecule has 1 nitrogen and oxygen atoms in total. The van der Waals surface area contributed by atoms with Gasteiger partial charge in [0.15, 0.2) is 0 Å². The van der Waals surface area contributed by atoms with Gasteiger partial charge in [-0.05, 0) is 35.6 Å². The number of halogens is 1. The quantitative estimate of drug-likeness (QED) is 0.697. The van der Waals surface area contributed by atoms with Gasteiger partial charge in [0, 0.05) is 5.33 Å². The molecule has 0 unspecified atom stereocenters. The fourth-order valence-electron chi connectivity index (χ4n) is 2.08. The minimum absolute atomic E-state index is 0.632. The largest absolute Gasteiger partial charge is 0.489 e. The maximum Gasteiger partial charge on any atom is 0.122 e. The van der Waals surface area contributed by atoms with E-state index in [-0.39, 0.29) is 0 Å². The Morgan fingerprint density at radius 2 is 1.79 bits per heavy atom. The highest BCUT2D eigenvalue weighted by molar-refractivity contribution is 9.09. The minimum Gasteiger partial charge on any atom is -0.489 e. The van der Waals surface area contributed by atoms with Crippen LogP contribution >= 0.6 is 15.9 Å². The summed E-state index contributed by atoms with van der Waals surface area (Å²) >= 11 is 3.47. The number of benzene rings is 2. The highest BCUT2D eigenvalue weighted by Gasteiger charge is 2.02. The normalized spacial score (nSPS) is 10.4. The van der Waals surface area contributed by atoms with Gasteiger partial charge < -0.3 is 4.74 Å². The van der Waals surface area contributed by atoms with Crippen LogP contribution in [0.5, 0.6) is 5.75 Å². The van der Waals surface area contributed by atoms with Crippen LogP contribution in [0.3, 0.4) is 0 Å². The van der Waals surface area contributed by atoms with Gasteiger partial charge >= 0.3 is 0 Å². The van der Waals surface area contributed by atoms with Crippen molar-refractivity contribution in [2.75, 3.05) is 5.33 Å². The van der Waals surface area contributed by atoms with E-state index >= 15 is 0 Å². The van der Waals surface area contributed by atoms with E-state index in [0.717, 1.165) is 23.9 Å². The van der Waals surface area contributed by atoms with Crippen LogP contribution in [0.4, 0.5) is 0 Å². The zero-order valence-corrected chi connectivity index (χ0v) is 12.8. The van der Waals surface area contributed by atoms with Crippen LogP contribution in [0.2, 0.25) is 0 Å². The van der Waals surface area contributed by atoms with Gasteiger partial charge in [-0.1, -0.05) is 65.3 Å². The van der Waals surface area contributed by atoms with Gasteiger partial charge in [-0.25, -0.2) is 0 Å². The van der Waals surface area contributed by atoms with Crippen molar-refractivity contribution in [3.05, 3.63) is 65.2 Å². The van der Waals surface area contributed by atoms with Crippen molar-refractivity contribution in [3.8, 4) is 5.75 Å². The Hall–Kier alpha value is -1.28. The number of alkyl halides is 1. The summed E-state index contributed by atoms with van der Waals surface area (Å²) in [5.74, 6) is 0.996. The molecule has 0 saturated carbocycles. The average molecular weight is 319 g/mol. The molecule has 100 valence electrons. The van der Waals surface area contributed by atoms with Crippen LogP contribution in [0, 0.1) is 0 Å². The Morgan fingerprint density at radius 1 is 1.00 bits per heavy atom. The molecule has 2 aromatic rings. The van der Waals surface area contributed by atoms with Crippen molar-refractivity contribution in [3.63, 3.8) is 0 Å². The van der Waals surface area contributed by atoms with Crippen molar-refractivity contribution in [2.24, 2.45) is 0 Å². The van der Waals surface area contributed by atoms with Crippen LogP contribution in [-0.2, 0) is 19.4 Å². The third-order valence-corrected chi connectivity index (χ3v) is 3.52. The van der Waals surface area contributed by atoms with Crippen molar-refractivity contribution in [1.29, 1.82) is 0 Å². The molecular formula is C17H19BrO. The maximum atomic E-state index is 5.94. The molecule has 0 heterocycles. The first-order valence-electron chi connectivity index (χ1n) is 6.68. The smallest absolute Gasteiger partial charge is 0.122 e. The zero-order valence-electron chi connectivity index (χ0n) is 11.2. The summed E-state index contributed by atoms with van der Waals surface area (Å²) in [5.41, 5.74) is 3.84. The summed E-state index contributed by atoms with van der Waals surface area (Å²) in [6.45, 7) is 2.78. The molecular weight excluding hydrogens is 300 g/mol. The minimum atomic E-state index is 0.632. The van der Waals surface area contributed by atoms with Gasteiger partial charge in [0.1, 0.15) is 12.4 Å². The lowest BCUT2D eigenvalue weighted by Crippen LogP contribution is -1.99. The van der Waals surface area contributed by atoms with Gasteiger partial charge in [-0.2, -0.15) is 0 Å². The van der Waals surface area contributed by atoms with Gasteiger partial charge in [0.05, 0.1) is 0 Å². The molecule has 0 aliphatic rings. The lowest BCUT2D eigenvalue weighted by molar-refractivity contribution is 0.303. The van der Waals surface area contributed by atoms with E-state index in [4.69, 9.17) is 4.74 Å². The number of aryl methyl sites for hydroxylation is 2. The van der Waals surface area contributed by atoms with Gasteiger partial charge in [0.25, 0.3) is 0 Å². The first kappa shape index (κ1) is 14.1. The van der Waals surface area contributed by atoms with E-state index in [1.54, 1.807) is 0 Å². The Morgan fingerprint density at radius 3 is 2.58 bits per heavy atom. The molecule has 0 radical (unpaired) electrons. The molecule has 0 fully saturated rings. The second-order valence-corrected chi connectivity index (χ2v) is 5.30.